The zero-order valence-corrected chi connectivity index (χ0v) is 18.4. The third-order valence-electron chi connectivity index (χ3n) is 6.55. The van der Waals surface area contributed by atoms with Gasteiger partial charge in [-0.3, -0.25) is 4.79 Å². The Kier molecular flexibility index (Phi) is 9.64. The summed E-state index contributed by atoms with van der Waals surface area (Å²) < 4.78 is 0. The lowest BCUT2D eigenvalue weighted by atomic mass is 9.89. The fraction of sp³-hybridized carbons (Fsp3) is 0.720. The van der Waals surface area contributed by atoms with Gasteiger partial charge in [0.25, 0.3) is 0 Å². The first-order chi connectivity index (χ1) is 13.8. The largest absolute Gasteiger partial charge is 0.481 e. The first-order valence-corrected chi connectivity index (χ1v) is 11.3. The van der Waals surface area contributed by atoms with E-state index in [1.807, 2.05) is 6.08 Å². The molecule has 0 aromatic rings. The van der Waals surface area contributed by atoms with E-state index in [-0.39, 0.29) is 18.4 Å². The molecule has 0 spiro atoms. The number of allylic oxidation sites excluding steroid dienone is 4. The fourth-order valence-electron chi connectivity index (χ4n) is 5.02. The third-order valence-corrected chi connectivity index (χ3v) is 6.55. The van der Waals surface area contributed by atoms with Crippen LogP contribution in [0, 0.1) is 23.7 Å². The summed E-state index contributed by atoms with van der Waals surface area (Å²) in [4.78, 5) is 10.6. The van der Waals surface area contributed by atoms with Gasteiger partial charge in [0.15, 0.2) is 0 Å². The van der Waals surface area contributed by atoms with Crippen molar-refractivity contribution in [1.82, 2.24) is 0 Å². The van der Waals surface area contributed by atoms with Gasteiger partial charge in [0.2, 0.25) is 0 Å². The van der Waals surface area contributed by atoms with E-state index in [1.54, 1.807) is 0 Å². The van der Waals surface area contributed by atoms with Crippen LogP contribution < -0.4 is 0 Å². The number of carbonyl (C=O) groups is 1. The van der Waals surface area contributed by atoms with Crippen LogP contribution in [-0.2, 0) is 4.79 Å². The van der Waals surface area contributed by atoms with Crippen molar-refractivity contribution in [3.63, 3.8) is 0 Å². The second-order valence-corrected chi connectivity index (χ2v) is 9.51. The Labute approximate surface area is 176 Å². The van der Waals surface area contributed by atoms with Crippen molar-refractivity contribution in [2.24, 2.45) is 23.7 Å². The first-order valence-electron chi connectivity index (χ1n) is 11.3. The highest BCUT2D eigenvalue weighted by Crippen LogP contribution is 2.50. The van der Waals surface area contributed by atoms with Crippen LogP contribution in [0.3, 0.4) is 0 Å². The van der Waals surface area contributed by atoms with Crippen LogP contribution in [0.4, 0.5) is 0 Å². The molecule has 2 aliphatic carbocycles. The number of rotatable bonds is 11. The minimum Gasteiger partial charge on any atom is -0.481 e. The number of unbranched alkanes of at least 4 members (excludes halogenated alkanes) is 1. The van der Waals surface area contributed by atoms with Gasteiger partial charge in [0.1, 0.15) is 0 Å². The predicted octanol–water partition coefficient (Wildman–Crippen LogP) is 5.26. The summed E-state index contributed by atoms with van der Waals surface area (Å²) in [6.07, 6.45) is 15.2. The fourth-order valence-corrected chi connectivity index (χ4v) is 5.02. The molecule has 2 rings (SSSR count). The Hall–Kier alpha value is -1.39. The lowest BCUT2D eigenvalue weighted by Crippen LogP contribution is -2.18. The smallest absolute Gasteiger partial charge is 0.303 e. The normalized spacial score (nSPS) is 29.9. The average molecular weight is 405 g/mol. The van der Waals surface area contributed by atoms with Gasteiger partial charge in [0, 0.05) is 12.3 Å². The molecule has 3 N–H and O–H groups in total. The van der Waals surface area contributed by atoms with Crippen LogP contribution in [0.5, 0.6) is 0 Å². The number of carboxylic acids is 1. The quantitative estimate of drug-likeness (QED) is 0.324. The first kappa shape index (κ1) is 23.9. The van der Waals surface area contributed by atoms with E-state index in [4.69, 9.17) is 5.11 Å². The van der Waals surface area contributed by atoms with E-state index in [1.165, 1.54) is 11.1 Å². The van der Waals surface area contributed by atoms with Crippen LogP contribution in [0.2, 0.25) is 0 Å². The molecule has 2 fully saturated rings. The second kappa shape index (κ2) is 11.7. The molecule has 0 aromatic heterocycles. The lowest BCUT2D eigenvalue weighted by molar-refractivity contribution is -0.137. The summed E-state index contributed by atoms with van der Waals surface area (Å²) in [5.74, 6) is 0.837. The molecular weight excluding hydrogens is 364 g/mol. The lowest BCUT2D eigenvalue weighted by Gasteiger charge is -2.18. The highest BCUT2D eigenvalue weighted by Gasteiger charge is 2.44. The van der Waals surface area contributed by atoms with Crippen molar-refractivity contribution in [3.05, 3.63) is 35.5 Å². The van der Waals surface area contributed by atoms with E-state index in [9.17, 15) is 15.0 Å². The topological polar surface area (TPSA) is 77.8 Å². The molecule has 29 heavy (non-hydrogen) atoms. The Bertz CT molecular complexity index is 614. The van der Waals surface area contributed by atoms with Crippen LogP contribution in [0.15, 0.2) is 35.5 Å². The molecule has 0 aromatic carbocycles. The van der Waals surface area contributed by atoms with Crippen molar-refractivity contribution in [2.75, 3.05) is 0 Å². The number of aliphatic hydroxyl groups excluding tert-OH is 2. The highest BCUT2D eigenvalue weighted by molar-refractivity contribution is 5.66. The molecule has 0 bridgehead atoms. The van der Waals surface area contributed by atoms with Crippen LogP contribution >= 0.6 is 0 Å². The molecule has 6 atom stereocenters. The van der Waals surface area contributed by atoms with E-state index in [2.05, 4.69) is 39.0 Å². The zero-order chi connectivity index (χ0) is 21.4. The summed E-state index contributed by atoms with van der Waals surface area (Å²) in [6, 6.07) is 0. The monoisotopic (exact) mass is 404 g/mol. The summed E-state index contributed by atoms with van der Waals surface area (Å²) in [6.45, 7) is 6.42. The van der Waals surface area contributed by atoms with Crippen molar-refractivity contribution < 1.29 is 20.1 Å². The number of aliphatic hydroxyl groups is 2. The molecule has 2 saturated carbocycles. The van der Waals surface area contributed by atoms with Gasteiger partial charge in [0.05, 0.1) is 12.2 Å². The molecule has 0 amide bonds. The van der Waals surface area contributed by atoms with Gasteiger partial charge in [-0.15, -0.1) is 0 Å². The number of carboxylic acid groups (broad SMARTS) is 1. The molecule has 0 heterocycles. The standard InChI is InChI=1S/C25H40O4/c1-17(2)7-6-8-18(3)13-21(26)11-12-22-23-15-19(9-4-5-10-25(28)29)14-20(23)16-24(22)27/h7,9,11-12,18,20-24,26-27H,4-6,8,10,13-16H2,1-3H3,(H,28,29)/b12-11-,19-9+/t18-,20+,21-,22+,23+,24-/m1/s1. The van der Waals surface area contributed by atoms with Crippen molar-refractivity contribution in [3.8, 4) is 0 Å². The Morgan fingerprint density at radius 1 is 1.24 bits per heavy atom. The van der Waals surface area contributed by atoms with Gasteiger partial charge in [-0.1, -0.05) is 42.4 Å². The SMILES string of the molecule is CC(C)=CCC[C@@H](C)C[C@H](O)/C=C\[C@H]1[C@H]2C/C(=C/CCCC(=O)O)C[C@H]2C[C@H]1O. The van der Waals surface area contributed by atoms with Gasteiger partial charge >= 0.3 is 5.97 Å². The number of aliphatic carboxylic acids is 1. The van der Waals surface area contributed by atoms with E-state index in [0.29, 0.717) is 24.2 Å². The van der Waals surface area contributed by atoms with Gasteiger partial charge < -0.3 is 15.3 Å². The molecule has 0 aliphatic heterocycles. The average Bonchev–Trinajstić information content (AvgIpc) is 3.13. The van der Waals surface area contributed by atoms with Crippen LogP contribution in [0.25, 0.3) is 0 Å². The van der Waals surface area contributed by atoms with E-state index in [0.717, 1.165) is 44.9 Å². The Morgan fingerprint density at radius 2 is 2.00 bits per heavy atom. The summed E-state index contributed by atoms with van der Waals surface area (Å²) in [5.41, 5.74) is 2.76. The number of hydrogen-bond donors (Lipinski definition) is 3. The Morgan fingerprint density at radius 3 is 2.69 bits per heavy atom. The predicted molar refractivity (Wildman–Crippen MR) is 117 cm³/mol. The zero-order valence-electron chi connectivity index (χ0n) is 18.4. The summed E-state index contributed by atoms with van der Waals surface area (Å²) >= 11 is 0. The molecule has 0 unspecified atom stereocenters. The highest BCUT2D eigenvalue weighted by atomic mass is 16.4. The maximum atomic E-state index is 10.6. The molecule has 4 heteroatoms. The van der Waals surface area contributed by atoms with Crippen molar-refractivity contribution in [1.29, 1.82) is 0 Å². The van der Waals surface area contributed by atoms with Crippen LogP contribution in [-0.4, -0.2) is 33.5 Å². The summed E-state index contributed by atoms with van der Waals surface area (Å²) in [7, 11) is 0. The van der Waals surface area contributed by atoms with Gasteiger partial charge in [-0.05, 0) is 83.0 Å². The Balaban J connectivity index is 1.81. The molecular formula is C25H40O4. The molecule has 0 radical (unpaired) electrons. The summed E-state index contributed by atoms with van der Waals surface area (Å²) in [5, 5.41) is 29.7. The molecule has 0 saturated heterocycles. The van der Waals surface area contributed by atoms with E-state index >= 15 is 0 Å². The van der Waals surface area contributed by atoms with Crippen LogP contribution in [0.1, 0.15) is 78.6 Å². The van der Waals surface area contributed by atoms with Crippen molar-refractivity contribution >= 4 is 5.97 Å². The van der Waals surface area contributed by atoms with Gasteiger partial charge in [-0.2, -0.15) is 0 Å². The van der Waals surface area contributed by atoms with Gasteiger partial charge in [-0.25, -0.2) is 0 Å². The minimum atomic E-state index is -0.732. The molecule has 164 valence electrons. The number of fused-ring (bicyclic) bond motifs is 1. The molecule has 4 nitrogen and oxygen atoms in total. The third kappa shape index (κ3) is 8.10. The molecule has 2 aliphatic rings. The maximum Gasteiger partial charge on any atom is 0.303 e. The van der Waals surface area contributed by atoms with E-state index < -0.39 is 12.1 Å². The van der Waals surface area contributed by atoms with Crippen molar-refractivity contribution in [2.45, 2.75) is 90.8 Å². The number of hydrogen-bond acceptors (Lipinski definition) is 3. The second-order valence-electron chi connectivity index (χ2n) is 9.51. The maximum absolute atomic E-state index is 10.6. The minimum absolute atomic E-state index is 0.126.